The second-order valence-corrected chi connectivity index (χ2v) is 12.9. The lowest BCUT2D eigenvalue weighted by atomic mass is 10.0. The van der Waals surface area contributed by atoms with E-state index in [0.29, 0.717) is 18.4 Å². The van der Waals surface area contributed by atoms with E-state index in [1.807, 2.05) is 99.8 Å². The maximum absolute atomic E-state index is 13.6. The number of amides is 1. The Morgan fingerprint density at radius 1 is 0.978 bits per heavy atom. The van der Waals surface area contributed by atoms with Crippen LogP contribution < -0.4 is 5.53 Å². The van der Waals surface area contributed by atoms with Gasteiger partial charge < -0.3 is 19.7 Å². The number of carboxylic acids is 1. The van der Waals surface area contributed by atoms with Crippen LogP contribution in [0.5, 0.6) is 0 Å². The Bertz CT molecular complexity index is 1650. The Kier molecular flexibility index (Phi) is 9.91. The van der Waals surface area contributed by atoms with E-state index in [1.165, 1.54) is 0 Å². The number of rotatable bonds is 13. The zero-order valence-corrected chi connectivity index (χ0v) is 27.0. The fourth-order valence-electron chi connectivity index (χ4n) is 5.89. The van der Waals surface area contributed by atoms with Gasteiger partial charge in [0, 0.05) is 42.3 Å². The van der Waals surface area contributed by atoms with Crippen LogP contribution in [-0.4, -0.2) is 86.2 Å². The fraction of sp³-hybridized carbons (Fsp3) is 0.361. The number of esters is 1. The minimum absolute atomic E-state index is 0.157. The number of H-pyrrole nitrogens is 1. The van der Waals surface area contributed by atoms with Crippen LogP contribution in [0.1, 0.15) is 49.2 Å². The van der Waals surface area contributed by atoms with Gasteiger partial charge in [0.25, 0.3) is 5.91 Å². The van der Waals surface area contributed by atoms with Crippen molar-refractivity contribution >= 4 is 28.7 Å². The van der Waals surface area contributed by atoms with E-state index < -0.39 is 35.7 Å². The number of hydrogen-bond donors (Lipinski definition) is 3. The van der Waals surface area contributed by atoms with Gasteiger partial charge >= 0.3 is 11.9 Å². The van der Waals surface area contributed by atoms with Crippen molar-refractivity contribution in [2.45, 2.75) is 70.3 Å². The molecule has 0 radical (unpaired) electrons. The van der Waals surface area contributed by atoms with Gasteiger partial charge in [0.05, 0.1) is 6.04 Å². The van der Waals surface area contributed by atoms with Crippen molar-refractivity contribution < 1.29 is 24.2 Å². The lowest BCUT2D eigenvalue weighted by Gasteiger charge is -2.38. The first-order valence-corrected chi connectivity index (χ1v) is 15.6. The molecule has 1 unspecified atom stereocenters. The molecule has 3 aromatic carbocycles. The fourth-order valence-corrected chi connectivity index (χ4v) is 5.89. The van der Waals surface area contributed by atoms with E-state index in [4.69, 9.17) is 4.74 Å². The SMILES string of the molecule is C[C@@H](C(=O)OC(C)(C)C)N(NN1[C@H](C(=O)O)[C@@H]1Cc1c[nH]c2ccccc12)[C@@H](Cc1ccccc1)CN(C)C(=O)c1ccccc1. The monoisotopic (exact) mass is 625 g/mol. The Morgan fingerprint density at radius 2 is 1.61 bits per heavy atom. The first kappa shape index (κ1) is 32.9. The molecule has 242 valence electrons. The summed E-state index contributed by atoms with van der Waals surface area (Å²) in [5.41, 5.74) is 6.17. The number of carbonyl (C=O) groups is 3. The molecule has 0 aliphatic carbocycles. The van der Waals surface area contributed by atoms with Crippen LogP contribution in [0.15, 0.2) is 91.1 Å². The molecular weight excluding hydrogens is 582 g/mol. The first-order valence-electron chi connectivity index (χ1n) is 15.6. The normalized spacial score (nSPS) is 19.0. The Balaban J connectivity index is 1.46. The van der Waals surface area contributed by atoms with Gasteiger partial charge in [0.15, 0.2) is 0 Å². The number of aliphatic carboxylic acids is 1. The van der Waals surface area contributed by atoms with Crippen molar-refractivity contribution in [1.82, 2.24) is 25.4 Å². The third-order valence-corrected chi connectivity index (χ3v) is 8.24. The molecule has 46 heavy (non-hydrogen) atoms. The molecule has 5 atom stereocenters. The van der Waals surface area contributed by atoms with E-state index in [-0.39, 0.29) is 18.5 Å². The smallest absolute Gasteiger partial charge is 0.325 e. The van der Waals surface area contributed by atoms with Gasteiger partial charge in [-0.15, -0.1) is 0 Å². The molecule has 0 saturated carbocycles. The van der Waals surface area contributed by atoms with E-state index in [9.17, 15) is 19.5 Å². The van der Waals surface area contributed by atoms with Gasteiger partial charge in [-0.2, -0.15) is 5.53 Å². The summed E-state index contributed by atoms with van der Waals surface area (Å²) in [4.78, 5) is 44.4. The lowest BCUT2D eigenvalue weighted by molar-refractivity contribution is -0.165. The van der Waals surface area contributed by atoms with Crippen LogP contribution in [0.4, 0.5) is 0 Å². The summed E-state index contributed by atoms with van der Waals surface area (Å²) in [7, 11) is 1.74. The average molecular weight is 626 g/mol. The number of carboxylic acid groups (broad SMARTS) is 1. The van der Waals surface area contributed by atoms with Crippen molar-refractivity contribution in [3.05, 3.63) is 108 Å². The molecule has 1 saturated heterocycles. The maximum Gasteiger partial charge on any atom is 0.325 e. The number of aromatic nitrogens is 1. The number of likely N-dealkylation sites (N-methyl/N-ethyl adjacent to an activating group) is 1. The maximum atomic E-state index is 13.6. The third-order valence-electron chi connectivity index (χ3n) is 8.24. The molecule has 4 aromatic rings. The van der Waals surface area contributed by atoms with Crippen LogP contribution in [0, 0.1) is 0 Å². The van der Waals surface area contributed by atoms with Crippen LogP contribution in [0.2, 0.25) is 0 Å². The molecule has 5 rings (SSSR count). The summed E-state index contributed by atoms with van der Waals surface area (Å²) in [6.45, 7) is 7.43. The van der Waals surface area contributed by atoms with Gasteiger partial charge in [0.1, 0.15) is 17.7 Å². The van der Waals surface area contributed by atoms with Crippen molar-refractivity contribution in [3.8, 4) is 0 Å². The molecule has 1 aromatic heterocycles. The number of hydrazine groups is 2. The summed E-state index contributed by atoms with van der Waals surface area (Å²) < 4.78 is 5.80. The second kappa shape index (κ2) is 13.9. The highest BCUT2D eigenvalue weighted by Gasteiger charge is 2.55. The van der Waals surface area contributed by atoms with Crippen molar-refractivity contribution in [1.29, 1.82) is 0 Å². The number of carbonyl (C=O) groups excluding carboxylic acids is 2. The summed E-state index contributed by atoms with van der Waals surface area (Å²) in [6.07, 6.45) is 2.88. The molecule has 0 spiro atoms. The Labute approximate surface area is 269 Å². The van der Waals surface area contributed by atoms with Gasteiger partial charge in [-0.25, -0.2) is 10.0 Å². The van der Waals surface area contributed by atoms with Crippen LogP contribution in [0.3, 0.4) is 0 Å². The predicted molar refractivity (Wildman–Crippen MR) is 177 cm³/mol. The minimum atomic E-state index is -0.960. The summed E-state index contributed by atoms with van der Waals surface area (Å²) >= 11 is 0. The zero-order chi connectivity index (χ0) is 33.0. The van der Waals surface area contributed by atoms with E-state index in [0.717, 1.165) is 22.0 Å². The Morgan fingerprint density at radius 3 is 2.26 bits per heavy atom. The summed E-state index contributed by atoms with van der Waals surface area (Å²) in [5, 5.41) is 14.7. The topological polar surface area (TPSA) is 118 Å². The second-order valence-electron chi connectivity index (χ2n) is 12.9. The van der Waals surface area contributed by atoms with E-state index in [1.54, 1.807) is 41.0 Å². The van der Waals surface area contributed by atoms with Crippen LogP contribution >= 0.6 is 0 Å². The predicted octanol–water partition coefficient (Wildman–Crippen LogP) is 4.68. The minimum Gasteiger partial charge on any atom is -0.480 e. The molecular formula is C36H43N5O5. The first-order chi connectivity index (χ1) is 21.9. The number of benzene rings is 3. The highest BCUT2D eigenvalue weighted by molar-refractivity contribution is 5.94. The molecule has 10 nitrogen and oxygen atoms in total. The molecule has 1 aliphatic heterocycles. The number of nitrogens with one attached hydrogen (secondary N) is 2. The number of aromatic amines is 1. The molecule has 1 fully saturated rings. The number of ether oxygens (including phenoxy) is 1. The average Bonchev–Trinajstić information content (AvgIpc) is 3.56. The standard InChI is InChI=1S/C36H43N5O5/c1-24(35(45)46-36(2,3)4)40(38-41-31(32(41)34(43)44)21-27-22-37-30-19-13-12-18-29(27)30)28(20-25-14-8-6-9-15-25)23-39(5)33(42)26-16-10-7-11-17-26/h6-19,22,24,28,31-32,37-38H,20-21,23H2,1-5H3,(H,43,44)/t24-,28-,31-,32-,41?/m0/s1. The quantitative estimate of drug-likeness (QED) is 0.111. The highest BCUT2D eigenvalue weighted by Crippen LogP contribution is 2.33. The van der Waals surface area contributed by atoms with E-state index in [2.05, 4.69) is 10.5 Å². The van der Waals surface area contributed by atoms with Crippen molar-refractivity contribution in [2.24, 2.45) is 0 Å². The molecule has 1 amide bonds. The Hall–Kier alpha value is -4.51. The van der Waals surface area contributed by atoms with Gasteiger partial charge in [-0.05, 0) is 69.9 Å². The van der Waals surface area contributed by atoms with Crippen molar-refractivity contribution in [2.75, 3.05) is 13.6 Å². The highest BCUT2D eigenvalue weighted by atomic mass is 16.6. The molecule has 10 heteroatoms. The number of nitrogens with zero attached hydrogens (tertiary/aromatic N) is 3. The molecule has 2 heterocycles. The van der Waals surface area contributed by atoms with E-state index >= 15 is 0 Å². The number of hydrogen-bond acceptors (Lipinski definition) is 7. The largest absolute Gasteiger partial charge is 0.480 e. The summed E-state index contributed by atoms with van der Waals surface area (Å²) in [5.74, 6) is -1.58. The number of fused-ring (bicyclic) bond motifs is 1. The van der Waals surface area contributed by atoms with Gasteiger partial charge in [-0.3, -0.25) is 14.4 Å². The van der Waals surface area contributed by atoms with Gasteiger partial charge in [0.2, 0.25) is 0 Å². The lowest BCUT2D eigenvalue weighted by Crippen LogP contribution is -2.60. The van der Waals surface area contributed by atoms with Gasteiger partial charge in [-0.1, -0.05) is 66.7 Å². The molecule has 3 N–H and O–H groups in total. The number of para-hydroxylation sites is 1. The zero-order valence-electron chi connectivity index (χ0n) is 27.0. The molecule has 0 bridgehead atoms. The van der Waals surface area contributed by atoms with Crippen molar-refractivity contribution in [3.63, 3.8) is 0 Å². The third kappa shape index (κ3) is 7.82. The van der Waals surface area contributed by atoms with Crippen LogP contribution in [-0.2, 0) is 27.2 Å². The molecule has 1 aliphatic rings. The van der Waals surface area contributed by atoms with Crippen LogP contribution in [0.25, 0.3) is 10.9 Å². The summed E-state index contributed by atoms with van der Waals surface area (Å²) in [6, 6.07) is 24.3.